The maximum atomic E-state index is 11.8. The van der Waals surface area contributed by atoms with Gasteiger partial charge in [0.15, 0.2) is 0 Å². The fraction of sp³-hybridized carbons (Fsp3) is 0.714. The average molecular weight is 297 g/mol. The van der Waals surface area contributed by atoms with Crippen LogP contribution in [0.5, 0.6) is 0 Å². The summed E-state index contributed by atoms with van der Waals surface area (Å²) in [6, 6.07) is 0.107. The third kappa shape index (κ3) is 6.14. The second-order valence-corrected chi connectivity index (χ2v) is 4.89. The van der Waals surface area contributed by atoms with E-state index in [4.69, 9.17) is 4.74 Å². The Morgan fingerprint density at radius 2 is 2.19 bits per heavy atom. The molecule has 1 aromatic rings. The van der Waals surface area contributed by atoms with Gasteiger partial charge in [0.2, 0.25) is 0 Å². The van der Waals surface area contributed by atoms with Gasteiger partial charge in [-0.15, -0.1) is 0 Å². The van der Waals surface area contributed by atoms with Crippen molar-refractivity contribution in [3.8, 4) is 0 Å². The molecule has 0 spiro atoms. The van der Waals surface area contributed by atoms with Crippen LogP contribution in [0, 0.1) is 0 Å². The van der Waals surface area contributed by atoms with Crippen LogP contribution in [0.25, 0.3) is 0 Å². The predicted octanol–water partition coefficient (Wildman–Crippen LogP) is 1.38. The molecule has 0 aromatic carbocycles. The smallest absolute Gasteiger partial charge is 0.319 e. The Morgan fingerprint density at radius 3 is 2.81 bits per heavy atom. The highest BCUT2D eigenvalue weighted by Gasteiger charge is 2.11. The Hall–Kier alpha value is -1.60. The van der Waals surface area contributed by atoms with Gasteiger partial charge < -0.3 is 15.4 Å². The lowest BCUT2D eigenvalue weighted by Gasteiger charge is -2.26. The van der Waals surface area contributed by atoms with Crippen molar-refractivity contribution >= 4 is 11.7 Å². The number of likely N-dealkylation sites (N-methyl/N-ethyl adjacent to an activating group) is 1. The summed E-state index contributed by atoms with van der Waals surface area (Å²) >= 11 is 0. The van der Waals surface area contributed by atoms with Gasteiger partial charge in [-0.05, 0) is 20.0 Å². The molecule has 1 atom stereocenters. The Bertz CT molecular complexity index is 417. The van der Waals surface area contributed by atoms with Gasteiger partial charge >= 0.3 is 6.03 Å². The van der Waals surface area contributed by atoms with Crippen molar-refractivity contribution in [1.82, 2.24) is 20.0 Å². The molecule has 1 aromatic heterocycles. The van der Waals surface area contributed by atoms with E-state index >= 15 is 0 Å². The van der Waals surface area contributed by atoms with Crippen molar-refractivity contribution in [2.45, 2.75) is 33.4 Å². The fourth-order valence-corrected chi connectivity index (χ4v) is 2.13. The van der Waals surface area contributed by atoms with Crippen LogP contribution < -0.4 is 10.6 Å². The Kier molecular flexibility index (Phi) is 7.78. The molecule has 0 fully saturated rings. The monoisotopic (exact) mass is 297 g/mol. The second kappa shape index (κ2) is 9.36. The van der Waals surface area contributed by atoms with E-state index in [1.807, 2.05) is 0 Å². The normalized spacial score (nSPS) is 12.4. The summed E-state index contributed by atoms with van der Waals surface area (Å²) in [4.78, 5) is 14.1. The zero-order valence-electron chi connectivity index (χ0n) is 13.4. The molecule has 0 radical (unpaired) electrons. The van der Waals surface area contributed by atoms with Gasteiger partial charge in [0, 0.05) is 25.9 Å². The minimum Gasteiger partial charge on any atom is -0.383 e. The highest BCUT2D eigenvalue weighted by Crippen LogP contribution is 2.04. The lowest BCUT2D eigenvalue weighted by atomic mass is 10.3. The fourth-order valence-electron chi connectivity index (χ4n) is 2.13. The van der Waals surface area contributed by atoms with Crippen molar-refractivity contribution in [1.29, 1.82) is 0 Å². The molecule has 7 heteroatoms. The maximum absolute atomic E-state index is 11.8. The number of anilines is 1. The summed E-state index contributed by atoms with van der Waals surface area (Å²) in [6.45, 7) is 10.2. The van der Waals surface area contributed by atoms with E-state index in [2.05, 4.69) is 41.4 Å². The molecular formula is C14H27N5O2. The quantitative estimate of drug-likeness (QED) is 0.722. The number of aromatic nitrogens is 2. The first-order valence-electron chi connectivity index (χ1n) is 7.41. The van der Waals surface area contributed by atoms with Crippen molar-refractivity contribution in [3.05, 3.63) is 12.4 Å². The largest absolute Gasteiger partial charge is 0.383 e. The molecule has 120 valence electrons. The van der Waals surface area contributed by atoms with Crippen molar-refractivity contribution in [2.75, 3.05) is 38.7 Å². The summed E-state index contributed by atoms with van der Waals surface area (Å²) < 4.78 is 6.71. The molecule has 21 heavy (non-hydrogen) atoms. The van der Waals surface area contributed by atoms with Crippen molar-refractivity contribution < 1.29 is 9.53 Å². The third-order valence-corrected chi connectivity index (χ3v) is 3.41. The zero-order valence-corrected chi connectivity index (χ0v) is 13.4. The van der Waals surface area contributed by atoms with Crippen LogP contribution in [0.2, 0.25) is 0 Å². The second-order valence-electron chi connectivity index (χ2n) is 4.89. The number of amides is 2. The van der Waals surface area contributed by atoms with Crippen LogP contribution in [-0.4, -0.2) is 60.1 Å². The van der Waals surface area contributed by atoms with Gasteiger partial charge in [-0.3, -0.25) is 9.58 Å². The molecule has 0 aliphatic rings. The van der Waals surface area contributed by atoms with Gasteiger partial charge in [0.25, 0.3) is 0 Å². The van der Waals surface area contributed by atoms with Crippen LogP contribution in [0.1, 0.15) is 20.8 Å². The Balaban J connectivity index is 2.34. The van der Waals surface area contributed by atoms with Crippen molar-refractivity contribution in [2.24, 2.45) is 0 Å². The highest BCUT2D eigenvalue weighted by atomic mass is 16.5. The zero-order chi connectivity index (χ0) is 15.7. The Labute approximate surface area is 126 Å². The van der Waals surface area contributed by atoms with Crippen LogP contribution in [0.4, 0.5) is 10.5 Å². The van der Waals surface area contributed by atoms with E-state index in [9.17, 15) is 4.79 Å². The molecule has 0 saturated carbocycles. The SMILES string of the molecule is CCN(CC)C(C)CNC(=O)Nc1cnn(CCOC)c1. The number of hydrogen-bond donors (Lipinski definition) is 2. The topological polar surface area (TPSA) is 71.4 Å². The molecule has 2 amide bonds. The number of carbonyl (C=O) groups excluding carboxylic acids is 1. The molecule has 0 saturated heterocycles. The van der Waals surface area contributed by atoms with Crippen LogP contribution >= 0.6 is 0 Å². The van der Waals surface area contributed by atoms with Crippen molar-refractivity contribution in [3.63, 3.8) is 0 Å². The number of urea groups is 1. The third-order valence-electron chi connectivity index (χ3n) is 3.41. The molecule has 0 bridgehead atoms. The first kappa shape index (κ1) is 17.5. The number of ether oxygens (including phenoxy) is 1. The lowest BCUT2D eigenvalue weighted by Crippen LogP contribution is -2.43. The molecule has 1 unspecified atom stereocenters. The standard InChI is InChI=1S/C14H27N5O2/c1-5-18(6-2)12(3)9-15-14(20)17-13-10-16-19(11-13)7-8-21-4/h10-12H,5-9H2,1-4H3,(H2,15,17,20). The number of carbonyl (C=O) groups is 1. The number of nitrogens with one attached hydrogen (secondary N) is 2. The summed E-state index contributed by atoms with van der Waals surface area (Å²) in [7, 11) is 1.65. The number of nitrogens with zero attached hydrogens (tertiary/aromatic N) is 3. The maximum Gasteiger partial charge on any atom is 0.319 e. The van der Waals surface area contributed by atoms with E-state index in [1.165, 1.54) is 0 Å². The molecule has 2 N–H and O–H groups in total. The van der Waals surface area contributed by atoms with Gasteiger partial charge in [-0.25, -0.2) is 4.79 Å². The lowest BCUT2D eigenvalue weighted by molar-refractivity contribution is 0.183. The summed E-state index contributed by atoms with van der Waals surface area (Å²) in [5.41, 5.74) is 0.680. The van der Waals surface area contributed by atoms with Crippen LogP contribution in [0.15, 0.2) is 12.4 Å². The number of methoxy groups -OCH3 is 1. The Morgan fingerprint density at radius 1 is 1.48 bits per heavy atom. The highest BCUT2D eigenvalue weighted by molar-refractivity contribution is 5.88. The molecule has 7 nitrogen and oxygen atoms in total. The van der Waals surface area contributed by atoms with Gasteiger partial charge in [0.05, 0.1) is 25.0 Å². The predicted molar refractivity (Wildman–Crippen MR) is 83.5 cm³/mol. The molecular weight excluding hydrogens is 270 g/mol. The average Bonchev–Trinajstić information content (AvgIpc) is 2.91. The van der Waals surface area contributed by atoms with E-state index in [1.54, 1.807) is 24.2 Å². The summed E-state index contributed by atoms with van der Waals surface area (Å²) in [5.74, 6) is 0. The van der Waals surface area contributed by atoms with Crippen LogP contribution in [0.3, 0.4) is 0 Å². The van der Waals surface area contributed by atoms with Gasteiger partial charge in [-0.2, -0.15) is 5.10 Å². The molecule has 0 aliphatic heterocycles. The molecule has 0 aliphatic carbocycles. The van der Waals surface area contributed by atoms with Crippen LogP contribution in [-0.2, 0) is 11.3 Å². The van der Waals surface area contributed by atoms with E-state index in [-0.39, 0.29) is 6.03 Å². The number of rotatable bonds is 9. The van der Waals surface area contributed by atoms with E-state index in [0.29, 0.717) is 31.4 Å². The van der Waals surface area contributed by atoms with Gasteiger partial charge in [0.1, 0.15) is 0 Å². The first-order chi connectivity index (χ1) is 10.1. The molecule has 1 heterocycles. The summed E-state index contributed by atoms with van der Waals surface area (Å²) in [5, 5.41) is 9.80. The number of hydrogen-bond acceptors (Lipinski definition) is 4. The minimum absolute atomic E-state index is 0.208. The van der Waals surface area contributed by atoms with E-state index < -0.39 is 0 Å². The summed E-state index contributed by atoms with van der Waals surface area (Å²) in [6.07, 6.45) is 3.41. The van der Waals surface area contributed by atoms with Gasteiger partial charge in [-0.1, -0.05) is 13.8 Å². The first-order valence-corrected chi connectivity index (χ1v) is 7.41. The van der Waals surface area contributed by atoms with E-state index in [0.717, 1.165) is 13.1 Å². The molecule has 1 rings (SSSR count). The minimum atomic E-state index is -0.208.